The van der Waals surface area contributed by atoms with E-state index in [-0.39, 0.29) is 10.8 Å². The molecule has 148 valence electrons. The van der Waals surface area contributed by atoms with Crippen molar-refractivity contribution in [3.8, 4) is 22.6 Å². The quantitative estimate of drug-likeness (QED) is 0.378. The molecule has 0 radical (unpaired) electrons. The summed E-state index contributed by atoms with van der Waals surface area (Å²) in [4.78, 5) is 0. The van der Waals surface area contributed by atoms with Gasteiger partial charge in [-0.2, -0.15) is 0 Å². The Morgan fingerprint density at radius 2 is 1.31 bits per heavy atom. The van der Waals surface area contributed by atoms with E-state index in [4.69, 9.17) is 4.43 Å². The number of phenols is 1. The number of fused-ring (bicyclic) bond motifs is 2. The third-order valence-corrected chi connectivity index (χ3v) is 8.23. The van der Waals surface area contributed by atoms with Crippen LogP contribution in [0.3, 0.4) is 0 Å². The molecule has 4 aromatic rings. The van der Waals surface area contributed by atoms with Crippen LogP contribution in [0.25, 0.3) is 32.7 Å². The Bertz CT molecular complexity index is 1180. The first kappa shape index (κ1) is 19.5. The minimum Gasteiger partial charge on any atom is -0.548 e. The third-order valence-electron chi connectivity index (χ3n) is 6.21. The van der Waals surface area contributed by atoms with Gasteiger partial charge < -0.3 is 9.53 Å². The van der Waals surface area contributed by atoms with Gasteiger partial charge in [0.2, 0.25) is 9.76 Å². The molecule has 0 aliphatic heterocycles. The van der Waals surface area contributed by atoms with Crippen molar-refractivity contribution in [3.05, 3.63) is 72.8 Å². The van der Waals surface area contributed by atoms with Crippen molar-refractivity contribution in [2.75, 3.05) is 0 Å². The minimum absolute atomic E-state index is 0.184. The summed E-state index contributed by atoms with van der Waals surface area (Å²) in [5.74, 6) is 1.72. The fourth-order valence-corrected chi connectivity index (χ4v) is 4.68. The normalized spacial score (nSPS) is 12.4. The van der Waals surface area contributed by atoms with Crippen LogP contribution in [-0.2, 0) is 0 Å². The Morgan fingerprint density at radius 1 is 0.759 bits per heavy atom. The van der Waals surface area contributed by atoms with Gasteiger partial charge in [0.05, 0.1) is 0 Å². The Morgan fingerprint density at radius 3 is 1.93 bits per heavy atom. The molecule has 2 nitrogen and oxygen atoms in total. The van der Waals surface area contributed by atoms with E-state index in [1.165, 1.54) is 0 Å². The number of aromatic hydroxyl groups is 1. The fourth-order valence-electron chi connectivity index (χ4n) is 3.58. The highest BCUT2D eigenvalue weighted by Crippen LogP contribution is 2.45. The SMILES string of the molecule is CC(C)C(C)(C)[SiH2]Oc1ccc2ccccc2c1-c1c(O)ccc2ccccc12. The number of hydrogen-bond acceptors (Lipinski definition) is 2. The highest BCUT2D eigenvalue weighted by atomic mass is 28.2. The molecule has 0 unspecified atom stereocenters. The van der Waals surface area contributed by atoms with E-state index in [9.17, 15) is 5.11 Å². The highest BCUT2D eigenvalue weighted by Gasteiger charge is 2.26. The molecule has 0 saturated carbocycles. The zero-order chi connectivity index (χ0) is 20.6. The van der Waals surface area contributed by atoms with E-state index in [1.807, 2.05) is 30.3 Å². The Labute approximate surface area is 175 Å². The maximum atomic E-state index is 10.9. The largest absolute Gasteiger partial charge is 0.548 e. The topological polar surface area (TPSA) is 29.5 Å². The average molecular weight is 401 g/mol. The van der Waals surface area contributed by atoms with Crippen LogP contribution in [0.4, 0.5) is 0 Å². The van der Waals surface area contributed by atoms with Crippen molar-refractivity contribution in [2.24, 2.45) is 5.92 Å². The van der Waals surface area contributed by atoms with E-state index in [0.29, 0.717) is 5.92 Å². The molecule has 0 atom stereocenters. The summed E-state index contributed by atoms with van der Waals surface area (Å²) < 4.78 is 6.56. The van der Waals surface area contributed by atoms with Crippen molar-refractivity contribution < 1.29 is 9.53 Å². The molecule has 29 heavy (non-hydrogen) atoms. The van der Waals surface area contributed by atoms with Gasteiger partial charge >= 0.3 is 0 Å². The van der Waals surface area contributed by atoms with Gasteiger partial charge in [0.15, 0.2) is 0 Å². The summed E-state index contributed by atoms with van der Waals surface area (Å²) in [5.41, 5.74) is 1.84. The predicted molar refractivity (Wildman–Crippen MR) is 127 cm³/mol. The van der Waals surface area contributed by atoms with Crippen LogP contribution in [-0.4, -0.2) is 14.9 Å². The van der Waals surface area contributed by atoms with Gasteiger partial charge in [0.1, 0.15) is 11.5 Å². The lowest BCUT2D eigenvalue weighted by molar-refractivity contribution is 0.428. The van der Waals surface area contributed by atoms with Gasteiger partial charge in [0, 0.05) is 11.1 Å². The number of benzene rings is 4. The van der Waals surface area contributed by atoms with E-state index in [2.05, 4.69) is 64.1 Å². The van der Waals surface area contributed by atoms with Crippen molar-refractivity contribution in [3.63, 3.8) is 0 Å². The number of phenolic OH excluding ortho intramolecular Hbond substituents is 1. The molecule has 0 fully saturated rings. The van der Waals surface area contributed by atoms with Crippen molar-refractivity contribution >= 4 is 31.3 Å². The zero-order valence-electron chi connectivity index (χ0n) is 17.6. The van der Waals surface area contributed by atoms with Crippen molar-refractivity contribution in [1.82, 2.24) is 0 Å². The number of hydrogen-bond donors (Lipinski definition) is 1. The van der Waals surface area contributed by atoms with Crippen LogP contribution in [0.15, 0.2) is 72.8 Å². The first-order chi connectivity index (χ1) is 13.9. The fraction of sp³-hybridized carbons (Fsp3) is 0.231. The molecule has 0 aromatic heterocycles. The summed E-state index contributed by atoms with van der Waals surface area (Å²) in [7, 11) is -0.845. The van der Waals surface area contributed by atoms with E-state index in [1.54, 1.807) is 6.07 Å². The summed E-state index contributed by atoms with van der Waals surface area (Å²) in [6, 6.07) is 24.5. The van der Waals surface area contributed by atoms with Crippen molar-refractivity contribution in [2.45, 2.75) is 32.7 Å². The molecule has 0 aliphatic carbocycles. The predicted octanol–water partition coefficient (Wildman–Crippen LogP) is 6.68. The van der Waals surface area contributed by atoms with Gasteiger partial charge in [-0.1, -0.05) is 88.4 Å². The minimum atomic E-state index is -0.845. The summed E-state index contributed by atoms with van der Waals surface area (Å²) in [6.07, 6.45) is 0. The highest BCUT2D eigenvalue weighted by molar-refractivity contribution is 6.33. The molecule has 1 N–H and O–H groups in total. The second-order valence-corrected chi connectivity index (χ2v) is 11.2. The second-order valence-electron chi connectivity index (χ2n) is 8.77. The third kappa shape index (κ3) is 3.63. The van der Waals surface area contributed by atoms with Gasteiger partial charge in [-0.15, -0.1) is 0 Å². The average Bonchev–Trinajstić information content (AvgIpc) is 2.72. The van der Waals surface area contributed by atoms with Crippen LogP contribution in [0.2, 0.25) is 5.04 Å². The molecule has 0 spiro atoms. The lowest BCUT2D eigenvalue weighted by Crippen LogP contribution is -2.24. The summed E-state index contributed by atoms with van der Waals surface area (Å²) in [5, 5.41) is 15.5. The molecule has 0 bridgehead atoms. The molecular formula is C26H28O2Si. The standard InChI is InChI=1S/C26H28O2Si/c1-17(2)26(3,4)29-28-23-16-14-19-10-6-8-12-21(19)25(23)24-20-11-7-5-9-18(20)13-15-22(24)27/h5-17,27H,29H2,1-4H3. The van der Waals surface area contributed by atoms with Gasteiger partial charge in [-0.05, 0) is 44.6 Å². The Hall–Kier alpha value is -2.78. The maximum Gasteiger partial charge on any atom is 0.225 e. The lowest BCUT2D eigenvalue weighted by atomic mass is 9.92. The molecule has 4 rings (SSSR count). The smallest absolute Gasteiger partial charge is 0.225 e. The van der Waals surface area contributed by atoms with E-state index >= 15 is 0 Å². The van der Waals surface area contributed by atoms with Crippen LogP contribution in [0, 0.1) is 5.92 Å². The monoisotopic (exact) mass is 400 g/mol. The maximum absolute atomic E-state index is 10.9. The number of rotatable bonds is 5. The summed E-state index contributed by atoms with van der Waals surface area (Å²) in [6.45, 7) is 9.10. The molecule has 0 saturated heterocycles. The first-order valence-corrected chi connectivity index (χ1v) is 11.5. The van der Waals surface area contributed by atoms with Gasteiger partial charge in [0.25, 0.3) is 0 Å². The molecule has 3 heteroatoms. The van der Waals surface area contributed by atoms with E-state index in [0.717, 1.165) is 38.4 Å². The molecule has 4 aromatic carbocycles. The lowest BCUT2D eigenvalue weighted by Gasteiger charge is -2.29. The van der Waals surface area contributed by atoms with Gasteiger partial charge in [-0.25, -0.2) is 0 Å². The van der Waals surface area contributed by atoms with Crippen LogP contribution < -0.4 is 4.43 Å². The zero-order valence-corrected chi connectivity index (χ0v) is 19.0. The first-order valence-electron chi connectivity index (χ1n) is 10.2. The van der Waals surface area contributed by atoms with Gasteiger partial charge in [-0.3, -0.25) is 0 Å². The molecule has 0 aliphatic rings. The molecular weight excluding hydrogens is 372 g/mol. The molecule has 0 amide bonds. The Balaban J connectivity index is 1.97. The molecule has 0 heterocycles. The van der Waals surface area contributed by atoms with E-state index < -0.39 is 9.76 Å². The van der Waals surface area contributed by atoms with Crippen molar-refractivity contribution in [1.29, 1.82) is 0 Å². The second kappa shape index (κ2) is 7.56. The van der Waals surface area contributed by atoms with Crippen LogP contribution >= 0.6 is 0 Å². The summed E-state index contributed by atoms with van der Waals surface area (Å²) >= 11 is 0. The van der Waals surface area contributed by atoms with Crippen LogP contribution in [0.1, 0.15) is 27.7 Å². The Kier molecular flexibility index (Phi) is 5.09. The van der Waals surface area contributed by atoms with Crippen LogP contribution in [0.5, 0.6) is 11.5 Å².